The van der Waals surface area contributed by atoms with Gasteiger partial charge in [-0.05, 0) is 30.9 Å². The first-order valence-electron chi connectivity index (χ1n) is 5.41. The van der Waals surface area contributed by atoms with Gasteiger partial charge in [-0.25, -0.2) is 0 Å². The van der Waals surface area contributed by atoms with E-state index in [1.54, 1.807) is 0 Å². The van der Waals surface area contributed by atoms with E-state index < -0.39 is 6.10 Å². The van der Waals surface area contributed by atoms with Crippen molar-refractivity contribution in [3.05, 3.63) is 47.7 Å². The van der Waals surface area contributed by atoms with Gasteiger partial charge in [0.1, 0.15) is 18.5 Å². The van der Waals surface area contributed by atoms with Gasteiger partial charge >= 0.3 is 0 Å². The number of benzene rings is 1. The van der Waals surface area contributed by atoms with Crippen LogP contribution in [0.15, 0.2) is 42.2 Å². The van der Waals surface area contributed by atoms with Gasteiger partial charge in [-0.2, -0.15) is 0 Å². The summed E-state index contributed by atoms with van der Waals surface area (Å²) in [5.41, 5.74) is 1.14. The Hall–Kier alpha value is -1.28. The van der Waals surface area contributed by atoms with Crippen molar-refractivity contribution in [2.24, 2.45) is 0 Å². The molecule has 1 aliphatic carbocycles. The van der Waals surface area contributed by atoms with Gasteiger partial charge < -0.3 is 9.84 Å². The van der Waals surface area contributed by atoms with Crippen LogP contribution in [0.4, 0.5) is 0 Å². The predicted molar refractivity (Wildman–Crippen MR) is 59.2 cm³/mol. The lowest BCUT2D eigenvalue weighted by Crippen LogP contribution is -2.16. The first-order chi connectivity index (χ1) is 7.36. The number of hydrogen-bond acceptors (Lipinski definition) is 2. The molecule has 1 atom stereocenters. The number of aliphatic hydroxyl groups excluding tert-OH is 1. The molecule has 2 heteroatoms. The Morgan fingerprint density at radius 1 is 1.27 bits per heavy atom. The number of allylic oxidation sites excluding steroid dienone is 1. The van der Waals surface area contributed by atoms with Gasteiger partial charge in [-0.1, -0.05) is 30.3 Å². The maximum atomic E-state index is 9.65. The third-order valence-electron chi connectivity index (χ3n) is 2.60. The van der Waals surface area contributed by atoms with Crippen LogP contribution in [0, 0.1) is 0 Å². The van der Waals surface area contributed by atoms with Crippen molar-refractivity contribution < 1.29 is 9.84 Å². The monoisotopic (exact) mass is 204 g/mol. The second kappa shape index (κ2) is 4.99. The molecule has 2 nitrogen and oxygen atoms in total. The van der Waals surface area contributed by atoms with E-state index in [9.17, 15) is 5.11 Å². The van der Waals surface area contributed by atoms with Gasteiger partial charge in [0.05, 0.1) is 0 Å². The van der Waals surface area contributed by atoms with Crippen LogP contribution in [0.1, 0.15) is 24.8 Å². The minimum atomic E-state index is -0.400. The summed E-state index contributed by atoms with van der Waals surface area (Å²) >= 11 is 0. The lowest BCUT2D eigenvalue weighted by atomic mass is 10.0. The second-order valence-electron chi connectivity index (χ2n) is 3.83. The van der Waals surface area contributed by atoms with Gasteiger partial charge in [-0.15, -0.1) is 0 Å². The summed E-state index contributed by atoms with van der Waals surface area (Å²) in [6.45, 7) is 0.545. The van der Waals surface area contributed by atoms with Crippen molar-refractivity contribution in [3.8, 4) is 0 Å². The van der Waals surface area contributed by atoms with E-state index in [-0.39, 0.29) is 0 Å². The Balaban J connectivity index is 1.90. The molecule has 1 aromatic rings. The first-order valence-corrected chi connectivity index (χ1v) is 5.41. The highest BCUT2D eigenvalue weighted by Crippen LogP contribution is 2.20. The molecule has 1 unspecified atom stereocenters. The Morgan fingerprint density at radius 3 is 2.80 bits per heavy atom. The summed E-state index contributed by atoms with van der Waals surface area (Å²) in [6, 6.07) is 10.0. The van der Waals surface area contributed by atoms with Crippen molar-refractivity contribution in [2.75, 3.05) is 0 Å². The molecule has 0 radical (unpaired) electrons. The molecule has 0 aliphatic heterocycles. The first kappa shape index (κ1) is 10.2. The van der Waals surface area contributed by atoms with E-state index in [4.69, 9.17) is 4.74 Å². The molecule has 0 bridgehead atoms. The van der Waals surface area contributed by atoms with Gasteiger partial charge in [-0.3, -0.25) is 0 Å². The average molecular weight is 204 g/mol. The molecule has 80 valence electrons. The molecular formula is C13H16O2. The zero-order chi connectivity index (χ0) is 10.5. The Kier molecular flexibility index (Phi) is 3.41. The molecular weight excluding hydrogens is 188 g/mol. The smallest absolute Gasteiger partial charge is 0.121 e. The topological polar surface area (TPSA) is 29.5 Å². The molecule has 0 amide bonds. The molecule has 1 aromatic carbocycles. The fraction of sp³-hybridized carbons (Fsp3) is 0.385. The minimum Gasteiger partial charge on any atom is -0.491 e. The molecule has 2 rings (SSSR count). The average Bonchev–Trinajstić information content (AvgIpc) is 2.29. The van der Waals surface area contributed by atoms with Crippen molar-refractivity contribution in [1.29, 1.82) is 0 Å². The highest BCUT2D eigenvalue weighted by molar-refractivity contribution is 5.14. The van der Waals surface area contributed by atoms with Crippen LogP contribution >= 0.6 is 0 Å². The maximum absolute atomic E-state index is 9.65. The van der Waals surface area contributed by atoms with E-state index >= 15 is 0 Å². The van der Waals surface area contributed by atoms with E-state index in [0.717, 1.165) is 30.6 Å². The summed E-state index contributed by atoms with van der Waals surface area (Å²) < 4.78 is 5.59. The quantitative estimate of drug-likeness (QED) is 0.820. The lowest BCUT2D eigenvalue weighted by molar-refractivity contribution is 0.0811. The van der Waals surface area contributed by atoms with E-state index in [1.165, 1.54) is 0 Å². The minimum absolute atomic E-state index is 0.400. The van der Waals surface area contributed by atoms with Crippen LogP contribution in [-0.2, 0) is 11.3 Å². The highest BCUT2D eigenvalue weighted by Gasteiger charge is 2.15. The van der Waals surface area contributed by atoms with Gasteiger partial charge in [0.2, 0.25) is 0 Å². The van der Waals surface area contributed by atoms with Crippen molar-refractivity contribution >= 4 is 0 Å². The molecule has 0 saturated carbocycles. The van der Waals surface area contributed by atoms with Gasteiger partial charge in [0, 0.05) is 0 Å². The number of aliphatic hydroxyl groups is 1. The Labute approximate surface area is 90.2 Å². The van der Waals surface area contributed by atoms with Crippen molar-refractivity contribution in [3.63, 3.8) is 0 Å². The SMILES string of the molecule is OC1CCCC=C1OCc1ccccc1. The van der Waals surface area contributed by atoms with Crippen LogP contribution < -0.4 is 0 Å². The van der Waals surface area contributed by atoms with Crippen LogP contribution in [-0.4, -0.2) is 11.2 Å². The van der Waals surface area contributed by atoms with Gasteiger partial charge in [0.15, 0.2) is 0 Å². The van der Waals surface area contributed by atoms with E-state index in [2.05, 4.69) is 0 Å². The summed E-state index contributed by atoms with van der Waals surface area (Å²) in [4.78, 5) is 0. The third kappa shape index (κ3) is 2.83. The molecule has 15 heavy (non-hydrogen) atoms. The molecule has 0 heterocycles. The number of hydrogen-bond donors (Lipinski definition) is 1. The standard InChI is InChI=1S/C13H16O2/c14-12-8-4-5-9-13(12)15-10-11-6-2-1-3-7-11/h1-3,6-7,9,12,14H,4-5,8,10H2. The Bertz CT molecular complexity index is 330. The maximum Gasteiger partial charge on any atom is 0.121 e. The highest BCUT2D eigenvalue weighted by atomic mass is 16.5. The van der Waals surface area contributed by atoms with Crippen molar-refractivity contribution in [2.45, 2.75) is 32.0 Å². The van der Waals surface area contributed by atoms with E-state index in [0.29, 0.717) is 6.61 Å². The lowest BCUT2D eigenvalue weighted by Gasteiger charge is -2.19. The number of rotatable bonds is 3. The number of ether oxygens (including phenoxy) is 1. The molecule has 0 fully saturated rings. The van der Waals surface area contributed by atoms with Crippen LogP contribution in [0.3, 0.4) is 0 Å². The molecule has 0 saturated heterocycles. The van der Waals surface area contributed by atoms with Crippen molar-refractivity contribution in [1.82, 2.24) is 0 Å². The Morgan fingerprint density at radius 2 is 2.07 bits per heavy atom. The molecule has 0 aromatic heterocycles. The second-order valence-corrected chi connectivity index (χ2v) is 3.83. The van der Waals surface area contributed by atoms with Crippen LogP contribution in [0.25, 0.3) is 0 Å². The molecule has 0 spiro atoms. The summed E-state index contributed by atoms with van der Waals surface area (Å²) in [7, 11) is 0. The summed E-state index contributed by atoms with van der Waals surface area (Å²) in [5.74, 6) is 0.741. The van der Waals surface area contributed by atoms with Crippen LogP contribution in [0.2, 0.25) is 0 Å². The predicted octanol–water partition coefficient (Wildman–Crippen LogP) is 2.63. The van der Waals surface area contributed by atoms with Crippen LogP contribution in [0.5, 0.6) is 0 Å². The summed E-state index contributed by atoms with van der Waals surface area (Å²) in [6.07, 6.45) is 4.49. The molecule has 1 aliphatic rings. The van der Waals surface area contributed by atoms with Gasteiger partial charge in [0.25, 0.3) is 0 Å². The third-order valence-corrected chi connectivity index (χ3v) is 2.60. The summed E-state index contributed by atoms with van der Waals surface area (Å²) in [5, 5.41) is 9.65. The normalized spacial score (nSPS) is 20.9. The molecule has 1 N–H and O–H groups in total. The van der Waals surface area contributed by atoms with E-state index in [1.807, 2.05) is 36.4 Å². The largest absolute Gasteiger partial charge is 0.491 e. The zero-order valence-corrected chi connectivity index (χ0v) is 8.73. The fourth-order valence-corrected chi connectivity index (χ4v) is 1.73. The fourth-order valence-electron chi connectivity index (χ4n) is 1.73. The zero-order valence-electron chi connectivity index (χ0n) is 8.73.